The number of hydrogen-bond acceptors (Lipinski definition) is 4. The summed E-state index contributed by atoms with van der Waals surface area (Å²) in [7, 11) is 3.11. The van der Waals surface area contributed by atoms with Crippen molar-refractivity contribution in [3.05, 3.63) is 107 Å². The van der Waals surface area contributed by atoms with Crippen molar-refractivity contribution in [2.45, 2.75) is 19.0 Å². The van der Waals surface area contributed by atoms with Crippen LogP contribution in [0.3, 0.4) is 0 Å². The van der Waals surface area contributed by atoms with Gasteiger partial charge in [-0.15, -0.1) is 6.58 Å². The third-order valence-electron chi connectivity index (χ3n) is 5.49. The van der Waals surface area contributed by atoms with Crippen LogP contribution in [0, 0.1) is 0 Å². The normalized spacial score (nSPS) is 11.3. The molecule has 182 valence electrons. The summed E-state index contributed by atoms with van der Waals surface area (Å²) in [5.41, 5.74) is 2.31. The molecule has 0 saturated heterocycles. The summed E-state index contributed by atoms with van der Waals surface area (Å²) in [6.45, 7) is 4.20. The van der Waals surface area contributed by atoms with Gasteiger partial charge in [-0.2, -0.15) is 0 Å². The lowest BCUT2D eigenvalue weighted by molar-refractivity contribution is -0.141. The summed E-state index contributed by atoms with van der Waals surface area (Å²) in [5, 5.41) is 3.45. The molecular weight excluding hydrogens is 464 g/mol. The Bertz CT molecular complexity index is 1150. The first-order chi connectivity index (χ1) is 17.0. The highest BCUT2D eigenvalue weighted by Gasteiger charge is 2.31. The summed E-state index contributed by atoms with van der Waals surface area (Å²) in [6, 6.07) is 21.0. The summed E-state index contributed by atoms with van der Waals surface area (Å²) in [4.78, 5) is 28.7. The molecule has 0 aliphatic carbocycles. The molecule has 0 aliphatic heterocycles. The van der Waals surface area contributed by atoms with Gasteiger partial charge in [0.25, 0.3) is 0 Å². The molecule has 35 heavy (non-hydrogen) atoms. The van der Waals surface area contributed by atoms with Gasteiger partial charge in [0.15, 0.2) is 11.5 Å². The largest absolute Gasteiger partial charge is 0.493 e. The molecule has 3 rings (SSSR count). The average Bonchev–Trinajstić information content (AvgIpc) is 2.88. The zero-order chi connectivity index (χ0) is 25.2. The minimum atomic E-state index is -0.834. The van der Waals surface area contributed by atoms with Crippen LogP contribution < -0.4 is 14.8 Å². The highest BCUT2D eigenvalue weighted by molar-refractivity contribution is 6.30. The van der Waals surface area contributed by atoms with E-state index >= 15 is 0 Å². The molecule has 0 unspecified atom stereocenters. The number of methoxy groups -OCH3 is 2. The van der Waals surface area contributed by atoms with Gasteiger partial charge in [0, 0.05) is 18.1 Å². The monoisotopic (exact) mass is 492 g/mol. The third kappa shape index (κ3) is 6.87. The second-order valence-electron chi connectivity index (χ2n) is 7.86. The molecule has 6 nitrogen and oxygen atoms in total. The van der Waals surface area contributed by atoms with E-state index in [0.717, 1.165) is 11.1 Å². The zero-order valence-corrected chi connectivity index (χ0v) is 20.6. The molecule has 0 fully saturated rings. The number of halogens is 1. The van der Waals surface area contributed by atoms with Crippen LogP contribution in [-0.4, -0.2) is 37.5 Å². The van der Waals surface area contributed by atoms with E-state index < -0.39 is 6.04 Å². The molecule has 1 N–H and O–H groups in total. The van der Waals surface area contributed by atoms with Gasteiger partial charge in [-0.1, -0.05) is 66.2 Å². The molecule has 0 aliphatic rings. The van der Waals surface area contributed by atoms with Crippen molar-refractivity contribution >= 4 is 23.4 Å². The van der Waals surface area contributed by atoms with E-state index in [2.05, 4.69) is 11.9 Å². The first-order valence-electron chi connectivity index (χ1n) is 11.1. The van der Waals surface area contributed by atoms with Crippen LogP contribution in [0.4, 0.5) is 0 Å². The molecule has 3 aromatic carbocycles. The Morgan fingerprint density at radius 1 is 0.971 bits per heavy atom. The quantitative estimate of drug-likeness (QED) is 0.384. The summed E-state index contributed by atoms with van der Waals surface area (Å²) in [5.74, 6) is 0.610. The van der Waals surface area contributed by atoms with E-state index in [4.69, 9.17) is 21.1 Å². The van der Waals surface area contributed by atoms with Gasteiger partial charge < -0.3 is 19.7 Å². The van der Waals surface area contributed by atoms with Crippen LogP contribution in [0.2, 0.25) is 5.02 Å². The van der Waals surface area contributed by atoms with Crippen molar-refractivity contribution in [3.8, 4) is 11.5 Å². The Kier molecular flexibility index (Phi) is 9.32. The number of benzene rings is 3. The highest BCUT2D eigenvalue weighted by atomic mass is 35.5. The Morgan fingerprint density at radius 2 is 1.63 bits per heavy atom. The predicted octanol–water partition coefficient (Wildman–Crippen LogP) is 4.97. The molecule has 0 bridgehead atoms. The van der Waals surface area contributed by atoms with Gasteiger partial charge in [0.05, 0.1) is 20.6 Å². The van der Waals surface area contributed by atoms with Crippen LogP contribution in [0.5, 0.6) is 11.5 Å². The molecule has 0 heterocycles. The van der Waals surface area contributed by atoms with Gasteiger partial charge in [-0.05, 0) is 41.0 Å². The van der Waals surface area contributed by atoms with Gasteiger partial charge in [-0.3, -0.25) is 9.59 Å². The summed E-state index contributed by atoms with van der Waals surface area (Å²) >= 11 is 6.06. The van der Waals surface area contributed by atoms with E-state index in [-0.39, 0.29) is 24.8 Å². The fourth-order valence-corrected chi connectivity index (χ4v) is 3.88. The fraction of sp³-hybridized carbons (Fsp3) is 0.214. The van der Waals surface area contributed by atoms with Crippen LogP contribution in [0.25, 0.3) is 0 Å². The minimum absolute atomic E-state index is 0.0754. The topological polar surface area (TPSA) is 67.9 Å². The standard InChI is InChI=1S/C28H29ClN2O4/c1-4-16-30-28(33)27(22-8-6-5-7-9-22)31(19-20-10-13-23(29)14-11-20)26(32)18-21-12-15-24(34-2)25(17-21)35-3/h4-15,17,27H,1,16,18-19H2,2-3H3,(H,30,33)/t27-/m0/s1. The van der Waals surface area contributed by atoms with E-state index in [1.165, 1.54) is 0 Å². The number of nitrogens with zero attached hydrogens (tertiary/aromatic N) is 1. The molecular formula is C28H29ClN2O4. The molecule has 0 spiro atoms. The number of rotatable bonds is 11. The van der Waals surface area contributed by atoms with Crippen molar-refractivity contribution in [2.75, 3.05) is 20.8 Å². The van der Waals surface area contributed by atoms with Gasteiger partial charge in [-0.25, -0.2) is 0 Å². The maximum Gasteiger partial charge on any atom is 0.247 e. The first-order valence-corrected chi connectivity index (χ1v) is 11.5. The van der Waals surface area contributed by atoms with Gasteiger partial charge in [0.2, 0.25) is 11.8 Å². The van der Waals surface area contributed by atoms with Crippen molar-refractivity contribution < 1.29 is 19.1 Å². The Hall–Kier alpha value is -3.77. The van der Waals surface area contributed by atoms with E-state index in [0.29, 0.717) is 28.6 Å². The number of ether oxygens (including phenoxy) is 2. The van der Waals surface area contributed by atoms with Crippen molar-refractivity contribution in [1.29, 1.82) is 0 Å². The molecule has 2 amide bonds. The third-order valence-corrected chi connectivity index (χ3v) is 5.74. The first kappa shape index (κ1) is 25.8. The van der Waals surface area contributed by atoms with Crippen molar-refractivity contribution in [3.63, 3.8) is 0 Å². The van der Waals surface area contributed by atoms with Crippen LogP contribution >= 0.6 is 11.6 Å². The van der Waals surface area contributed by atoms with E-state index in [9.17, 15) is 9.59 Å². The lowest BCUT2D eigenvalue weighted by Crippen LogP contribution is -2.44. The predicted molar refractivity (Wildman–Crippen MR) is 138 cm³/mol. The number of nitrogens with one attached hydrogen (secondary N) is 1. The molecule has 0 aromatic heterocycles. The van der Waals surface area contributed by atoms with Gasteiger partial charge in [0.1, 0.15) is 6.04 Å². The summed E-state index contributed by atoms with van der Waals surface area (Å²) < 4.78 is 10.7. The number of hydrogen-bond donors (Lipinski definition) is 1. The van der Waals surface area contributed by atoms with Crippen LogP contribution in [-0.2, 0) is 22.6 Å². The van der Waals surface area contributed by atoms with E-state index in [1.807, 2.05) is 48.5 Å². The summed E-state index contributed by atoms with van der Waals surface area (Å²) in [6.07, 6.45) is 1.68. The SMILES string of the molecule is C=CCNC(=O)[C@H](c1ccccc1)N(Cc1ccc(Cl)cc1)C(=O)Cc1ccc(OC)c(OC)c1. The van der Waals surface area contributed by atoms with Crippen LogP contribution in [0.15, 0.2) is 85.5 Å². The zero-order valence-electron chi connectivity index (χ0n) is 19.9. The Balaban J connectivity index is 2.00. The van der Waals surface area contributed by atoms with E-state index in [1.54, 1.807) is 49.5 Å². The molecule has 3 aromatic rings. The molecule has 0 radical (unpaired) electrons. The number of carbonyl (C=O) groups excluding carboxylic acids is 2. The van der Waals surface area contributed by atoms with Crippen molar-refractivity contribution in [2.24, 2.45) is 0 Å². The minimum Gasteiger partial charge on any atom is -0.493 e. The lowest BCUT2D eigenvalue weighted by atomic mass is 10.0. The second kappa shape index (κ2) is 12.6. The highest BCUT2D eigenvalue weighted by Crippen LogP contribution is 2.29. The van der Waals surface area contributed by atoms with Crippen molar-refractivity contribution in [1.82, 2.24) is 10.2 Å². The molecule has 0 saturated carbocycles. The maximum atomic E-state index is 13.8. The Morgan fingerprint density at radius 3 is 2.26 bits per heavy atom. The number of amides is 2. The molecule has 1 atom stereocenters. The average molecular weight is 493 g/mol. The lowest BCUT2D eigenvalue weighted by Gasteiger charge is -2.32. The van der Waals surface area contributed by atoms with Crippen LogP contribution in [0.1, 0.15) is 22.7 Å². The Labute approximate surface area is 211 Å². The fourth-order valence-electron chi connectivity index (χ4n) is 3.75. The van der Waals surface area contributed by atoms with Gasteiger partial charge >= 0.3 is 0 Å². The maximum absolute atomic E-state index is 13.8. The smallest absolute Gasteiger partial charge is 0.247 e. The second-order valence-corrected chi connectivity index (χ2v) is 8.30. The number of carbonyl (C=O) groups is 2. The molecule has 7 heteroatoms.